The lowest BCUT2D eigenvalue weighted by Gasteiger charge is -2.35. The lowest BCUT2D eigenvalue weighted by atomic mass is 9.92. The Morgan fingerprint density at radius 1 is 1.29 bits per heavy atom. The molecule has 0 aliphatic rings. The largest absolute Gasteiger partial charge is 0.444 e. The highest BCUT2D eigenvalue weighted by molar-refractivity contribution is 5.68. The Labute approximate surface area is 102 Å². The van der Waals surface area contributed by atoms with Crippen LogP contribution in [0.5, 0.6) is 0 Å². The lowest BCUT2D eigenvalue weighted by Crippen LogP contribution is -2.60. The summed E-state index contributed by atoms with van der Waals surface area (Å²) in [7, 11) is 0. The second-order valence-corrected chi connectivity index (χ2v) is 5.39. The average molecular weight is 249 g/mol. The minimum atomic E-state index is -1.35. The fraction of sp³-hybridized carbons (Fsp3) is 0.909. The van der Waals surface area contributed by atoms with E-state index < -0.39 is 36.0 Å². The molecule has 0 aliphatic carbocycles. The molecule has 0 aromatic heterocycles. The first-order valence-corrected chi connectivity index (χ1v) is 5.50. The fourth-order valence-corrected chi connectivity index (χ4v) is 1.28. The normalized spacial score (nSPS) is 19.1. The molecule has 0 fully saturated rings. The lowest BCUT2D eigenvalue weighted by molar-refractivity contribution is -0.0487. The van der Waals surface area contributed by atoms with Crippen LogP contribution in [0, 0.1) is 0 Å². The number of carbonyl (C=O) groups excluding carboxylic acids is 1. The number of hydrogen-bond acceptors (Lipinski definition) is 5. The van der Waals surface area contributed by atoms with E-state index in [1.54, 1.807) is 20.8 Å². The standard InChI is InChI=1S/C11H23NO5/c1-7(14)8(15)11(5,6-13)12-9(16)17-10(2,3)4/h7-8,13-15H,6H2,1-5H3,(H,12,16)/t7-,8-,11-/m0/s1. The summed E-state index contributed by atoms with van der Waals surface area (Å²) >= 11 is 0. The van der Waals surface area contributed by atoms with E-state index in [0.29, 0.717) is 0 Å². The molecule has 0 aromatic carbocycles. The van der Waals surface area contributed by atoms with Crippen LogP contribution in [0.4, 0.5) is 4.79 Å². The first kappa shape index (κ1) is 16.1. The van der Waals surface area contributed by atoms with Gasteiger partial charge in [0.15, 0.2) is 0 Å². The molecule has 0 saturated heterocycles. The van der Waals surface area contributed by atoms with Crippen molar-refractivity contribution in [2.45, 2.75) is 58.0 Å². The van der Waals surface area contributed by atoms with Crippen molar-refractivity contribution in [1.82, 2.24) is 5.32 Å². The zero-order chi connectivity index (χ0) is 13.9. The number of ether oxygens (including phenoxy) is 1. The molecule has 6 heteroatoms. The molecule has 0 rings (SSSR count). The highest BCUT2D eigenvalue weighted by Gasteiger charge is 2.38. The van der Waals surface area contributed by atoms with E-state index in [0.717, 1.165) is 0 Å². The van der Waals surface area contributed by atoms with Crippen LogP contribution in [0.15, 0.2) is 0 Å². The molecule has 17 heavy (non-hydrogen) atoms. The number of amides is 1. The molecule has 0 heterocycles. The number of alkyl carbamates (subject to hydrolysis) is 1. The number of carbonyl (C=O) groups is 1. The molecule has 0 radical (unpaired) electrons. The molecule has 6 nitrogen and oxygen atoms in total. The van der Waals surface area contributed by atoms with Crippen molar-refractivity contribution in [2.75, 3.05) is 6.61 Å². The first-order chi connectivity index (χ1) is 7.52. The molecule has 0 saturated carbocycles. The number of aliphatic hydroxyl groups excluding tert-OH is 3. The Morgan fingerprint density at radius 2 is 1.76 bits per heavy atom. The SMILES string of the molecule is C[C@H](O)[C@H](O)[C@](C)(CO)NC(=O)OC(C)(C)C. The molecule has 4 N–H and O–H groups in total. The second kappa shape index (κ2) is 5.66. The molecule has 0 spiro atoms. The molecular weight excluding hydrogens is 226 g/mol. The molecule has 0 bridgehead atoms. The van der Waals surface area contributed by atoms with Gasteiger partial charge in [-0.15, -0.1) is 0 Å². The number of aliphatic hydroxyl groups is 3. The third-order valence-corrected chi connectivity index (χ3v) is 2.22. The van der Waals surface area contributed by atoms with E-state index in [-0.39, 0.29) is 0 Å². The molecule has 0 unspecified atom stereocenters. The van der Waals surface area contributed by atoms with Crippen LogP contribution < -0.4 is 5.32 Å². The average Bonchev–Trinajstić information content (AvgIpc) is 2.12. The number of rotatable bonds is 4. The van der Waals surface area contributed by atoms with Gasteiger partial charge in [0.2, 0.25) is 0 Å². The van der Waals surface area contributed by atoms with E-state index in [9.17, 15) is 20.1 Å². The van der Waals surface area contributed by atoms with Crippen LogP contribution in [0.3, 0.4) is 0 Å². The van der Waals surface area contributed by atoms with Crippen LogP contribution in [-0.2, 0) is 4.74 Å². The number of nitrogens with one attached hydrogen (secondary N) is 1. The van der Waals surface area contributed by atoms with Gasteiger partial charge < -0.3 is 25.4 Å². The Balaban J connectivity index is 4.64. The van der Waals surface area contributed by atoms with Crippen molar-refractivity contribution in [3.8, 4) is 0 Å². The summed E-state index contributed by atoms with van der Waals surface area (Å²) in [4.78, 5) is 11.5. The van der Waals surface area contributed by atoms with Crippen LogP contribution in [-0.4, -0.2) is 51.4 Å². The Hall–Kier alpha value is -0.850. The third-order valence-electron chi connectivity index (χ3n) is 2.22. The maximum atomic E-state index is 11.5. The zero-order valence-corrected chi connectivity index (χ0v) is 11.0. The predicted molar refractivity (Wildman–Crippen MR) is 62.5 cm³/mol. The summed E-state index contributed by atoms with van der Waals surface area (Å²) in [5.74, 6) is 0. The van der Waals surface area contributed by atoms with Gasteiger partial charge in [0.1, 0.15) is 11.7 Å². The van der Waals surface area contributed by atoms with Crippen LogP contribution in [0.1, 0.15) is 34.6 Å². The van der Waals surface area contributed by atoms with Gasteiger partial charge in [-0.2, -0.15) is 0 Å². The maximum absolute atomic E-state index is 11.5. The summed E-state index contributed by atoms with van der Waals surface area (Å²) in [5, 5.41) is 30.6. The second-order valence-electron chi connectivity index (χ2n) is 5.39. The number of hydrogen-bond donors (Lipinski definition) is 4. The van der Waals surface area contributed by atoms with E-state index in [1.165, 1.54) is 13.8 Å². The molecule has 102 valence electrons. The van der Waals surface area contributed by atoms with E-state index in [2.05, 4.69) is 5.32 Å². The van der Waals surface area contributed by atoms with Gasteiger partial charge in [-0.1, -0.05) is 0 Å². The van der Waals surface area contributed by atoms with E-state index in [4.69, 9.17) is 4.74 Å². The van der Waals surface area contributed by atoms with Crippen LogP contribution in [0.25, 0.3) is 0 Å². The Kier molecular flexibility index (Phi) is 5.38. The zero-order valence-electron chi connectivity index (χ0n) is 11.0. The molecule has 3 atom stereocenters. The first-order valence-electron chi connectivity index (χ1n) is 5.50. The van der Waals surface area contributed by atoms with Gasteiger partial charge in [-0.05, 0) is 34.6 Å². The molecule has 1 amide bonds. The fourth-order valence-electron chi connectivity index (χ4n) is 1.28. The van der Waals surface area contributed by atoms with Gasteiger partial charge >= 0.3 is 6.09 Å². The van der Waals surface area contributed by atoms with Crippen molar-refractivity contribution in [1.29, 1.82) is 0 Å². The third kappa shape index (κ3) is 5.34. The van der Waals surface area contributed by atoms with Crippen molar-refractivity contribution >= 4 is 6.09 Å². The van der Waals surface area contributed by atoms with Gasteiger partial charge in [-0.3, -0.25) is 0 Å². The summed E-state index contributed by atoms with van der Waals surface area (Å²) in [5.41, 5.74) is -2.02. The monoisotopic (exact) mass is 249 g/mol. The van der Waals surface area contributed by atoms with Gasteiger partial charge in [-0.25, -0.2) is 4.79 Å². The quantitative estimate of drug-likeness (QED) is 0.562. The van der Waals surface area contributed by atoms with Crippen LogP contribution in [0.2, 0.25) is 0 Å². The predicted octanol–water partition coefficient (Wildman–Crippen LogP) is 0.00380. The maximum Gasteiger partial charge on any atom is 0.408 e. The highest BCUT2D eigenvalue weighted by Crippen LogP contribution is 2.15. The summed E-state index contributed by atoms with van der Waals surface area (Å²) in [6, 6.07) is 0. The van der Waals surface area contributed by atoms with E-state index >= 15 is 0 Å². The highest BCUT2D eigenvalue weighted by atomic mass is 16.6. The van der Waals surface area contributed by atoms with Gasteiger partial charge in [0.25, 0.3) is 0 Å². The van der Waals surface area contributed by atoms with Gasteiger partial charge in [0.05, 0.1) is 18.2 Å². The van der Waals surface area contributed by atoms with Crippen molar-refractivity contribution < 1.29 is 24.9 Å². The minimum Gasteiger partial charge on any atom is -0.444 e. The van der Waals surface area contributed by atoms with Gasteiger partial charge in [0, 0.05) is 0 Å². The summed E-state index contributed by atoms with van der Waals surface area (Å²) < 4.78 is 5.01. The topological polar surface area (TPSA) is 99.0 Å². The summed E-state index contributed by atoms with van der Waals surface area (Å²) in [6.45, 7) is 7.39. The van der Waals surface area contributed by atoms with Crippen LogP contribution >= 0.6 is 0 Å². The summed E-state index contributed by atoms with van der Waals surface area (Å²) in [6.07, 6.45) is -3.13. The van der Waals surface area contributed by atoms with Crippen molar-refractivity contribution in [2.24, 2.45) is 0 Å². The Morgan fingerprint density at radius 3 is 2.06 bits per heavy atom. The van der Waals surface area contributed by atoms with Crippen molar-refractivity contribution in [3.05, 3.63) is 0 Å². The Bertz CT molecular complexity index is 261. The molecule has 0 aliphatic heterocycles. The minimum absolute atomic E-state index is 0.516. The molecular formula is C11H23NO5. The molecule has 0 aromatic rings. The van der Waals surface area contributed by atoms with Crippen molar-refractivity contribution in [3.63, 3.8) is 0 Å². The van der Waals surface area contributed by atoms with E-state index in [1.807, 2.05) is 0 Å². The smallest absolute Gasteiger partial charge is 0.408 e.